The molecule has 1 heterocycles. The molecule has 0 amide bonds. The largest absolute Gasteiger partial charge is 0.435 e. The van der Waals surface area contributed by atoms with Crippen LogP contribution < -0.4 is 4.74 Å². The first kappa shape index (κ1) is 22.6. The third kappa shape index (κ3) is 4.19. The van der Waals surface area contributed by atoms with Gasteiger partial charge in [-0.25, -0.2) is 0 Å². The smallest absolute Gasteiger partial charge is 0.292 e. The molecule has 0 N–H and O–H groups in total. The molecule has 2 nitrogen and oxygen atoms in total. The number of rotatable bonds is 5. The molecule has 0 radical (unpaired) electrons. The number of hydrogen-bond acceptors (Lipinski definition) is 1. The average molecular weight is 407 g/mol. The van der Waals surface area contributed by atoms with E-state index in [2.05, 4.69) is 110 Å². The second-order valence-electron chi connectivity index (χ2n) is 11.1. The molecule has 0 atom stereocenters. The lowest BCUT2D eigenvalue weighted by Crippen LogP contribution is -2.28. The highest BCUT2D eigenvalue weighted by Crippen LogP contribution is 2.42. The molecular formula is C28H40NO+. The van der Waals surface area contributed by atoms with E-state index < -0.39 is 0 Å². The molecule has 0 spiro atoms. The molecule has 1 aliphatic heterocycles. The first-order valence-corrected chi connectivity index (χ1v) is 11.4. The molecule has 30 heavy (non-hydrogen) atoms. The van der Waals surface area contributed by atoms with Crippen LogP contribution in [0.1, 0.15) is 97.4 Å². The minimum Gasteiger partial charge on any atom is -0.435 e. The van der Waals surface area contributed by atoms with Gasteiger partial charge in [0, 0.05) is 17.2 Å². The fraction of sp³-hybridized carbons (Fsp3) is 0.536. The average Bonchev–Trinajstić information content (AvgIpc) is 2.71. The van der Waals surface area contributed by atoms with Crippen molar-refractivity contribution in [2.24, 2.45) is 0 Å². The van der Waals surface area contributed by atoms with E-state index in [0.717, 1.165) is 18.6 Å². The molecule has 2 aromatic rings. The van der Waals surface area contributed by atoms with Crippen molar-refractivity contribution in [1.82, 2.24) is 0 Å². The van der Waals surface area contributed by atoms with Crippen LogP contribution in [0, 0.1) is 0 Å². The molecule has 1 aliphatic rings. The summed E-state index contributed by atoms with van der Waals surface area (Å²) in [6.45, 7) is 21.2. The van der Waals surface area contributed by atoms with Gasteiger partial charge in [0.05, 0.1) is 5.56 Å². The van der Waals surface area contributed by atoms with Gasteiger partial charge in [-0.05, 0) is 40.7 Å². The third-order valence-corrected chi connectivity index (χ3v) is 7.06. The molecule has 0 aliphatic carbocycles. The minimum atomic E-state index is 0.0727. The second kappa shape index (κ2) is 7.87. The van der Waals surface area contributed by atoms with Crippen LogP contribution in [-0.2, 0) is 16.2 Å². The number of nitrogens with zero attached hydrogens (tertiary/aromatic N) is 1. The lowest BCUT2D eigenvalue weighted by Gasteiger charge is -2.32. The van der Waals surface area contributed by atoms with Gasteiger partial charge in [0.2, 0.25) is 5.69 Å². The highest BCUT2D eigenvalue weighted by molar-refractivity contribution is 5.83. The number of hydrogen-bond donors (Lipinski definition) is 0. The molecule has 162 valence electrons. The Morgan fingerprint density at radius 3 is 2.07 bits per heavy atom. The molecule has 0 saturated carbocycles. The van der Waals surface area contributed by atoms with Crippen molar-refractivity contribution in [3.8, 4) is 5.75 Å². The molecule has 2 aromatic carbocycles. The van der Waals surface area contributed by atoms with E-state index in [4.69, 9.17) is 4.74 Å². The second-order valence-corrected chi connectivity index (χ2v) is 11.1. The maximum absolute atomic E-state index is 6.47. The van der Waals surface area contributed by atoms with E-state index in [1.54, 1.807) is 0 Å². The van der Waals surface area contributed by atoms with E-state index in [1.807, 2.05) is 0 Å². The minimum absolute atomic E-state index is 0.0727. The Morgan fingerprint density at radius 1 is 0.833 bits per heavy atom. The first-order valence-electron chi connectivity index (χ1n) is 11.4. The summed E-state index contributed by atoms with van der Waals surface area (Å²) in [6.07, 6.45) is 4.48. The Balaban J connectivity index is 2.23. The van der Waals surface area contributed by atoms with Crippen molar-refractivity contribution >= 4 is 11.9 Å². The van der Waals surface area contributed by atoms with Crippen LogP contribution in [0.2, 0.25) is 0 Å². The summed E-state index contributed by atoms with van der Waals surface area (Å²) in [6, 6.07) is 13.4. The summed E-state index contributed by atoms with van der Waals surface area (Å²) < 4.78 is 8.75. The van der Waals surface area contributed by atoms with E-state index >= 15 is 0 Å². The third-order valence-electron chi connectivity index (χ3n) is 7.06. The van der Waals surface area contributed by atoms with Crippen molar-refractivity contribution in [1.29, 1.82) is 0 Å². The lowest BCUT2D eigenvalue weighted by atomic mass is 9.75. The zero-order valence-electron chi connectivity index (χ0n) is 20.5. The van der Waals surface area contributed by atoms with Gasteiger partial charge in [0.25, 0.3) is 6.73 Å². The van der Waals surface area contributed by atoms with Crippen molar-refractivity contribution < 1.29 is 9.31 Å². The summed E-state index contributed by atoms with van der Waals surface area (Å²) in [7, 11) is 0. The summed E-state index contributed by atoms with van der Waals surface area (Å²) in [5.74, 6) is 1.06. The Bertz CT molecular complexity index is 957. The molecule has 0 saturated heterocycles. The van der Waals surface area contributed by atoms with Crippen molar-refractivity contribution in [3.63, 3.8) is 0 Å². The Kier molecular flexibility index (Phi) is 5.93. The van der Waals surface area contributed by atoms with E-state index in [0.29, 0.717) is 6.73 Å². The highest BCUT2D eigenvalue weighted by Gasteiger charge is 2.33. The Morgan fingerprint density at radius 2 is 1.47 bits per heavy atom. The molecule has 0 unspecified atom stereocenters. The number of para-hydroxylation sites is 1. The van der Waals surface area contributed by atoms with E-state index in [1.165, 1.54) is 27.9 Å². The van der Waals surface area contributed by atoms with E-state index in [-0.39, 0.29) is 16.2 Å². The van der Waals surface area contributed by atoms with Gasteiger partial charge in [-0.3, -0.25) is 0 Å². The monoisotopic (exact) mass is 406 g/mol. The zero-order valence-corrected chi connectivity index (χ0v) is 20.5. The van der Waals surface area contributed by atoms with Gasteiger partial charge < -0.3 is 4.74 Å². The summed E-state index contributed by atoms with van der Waals surface area (Å²) in [5, 5.41) is 0. The van der Waals surface area contributed by atoms with Crippen molar-refractivity contribution in [3.05, 3.63) is 58.7 Å². The van der Waals surface area contributed by atoms with Gasteiger partial charge in [-0.15, -0.1) is 0 Å². The highest BCUT2D eigenvalue weighted by atomic mass is 16.5. The van der Waals surface area contributed by atoms with Crippen LogP contribution >= 0.6 is 0 Å². The van der Waals surface area contributed by atoms with Crippen LogP contribution in [0.25, 0.3) is 0 Å². The summed E-state index contributed by atoms with van der Waals surface area (Å²) in [5.41, 5.74) is 6.77. The SMILES string of the molecule is CCC(C)(C)c1cc2c(c(C(C)(C)CC)c1)OC[N+](c1ccccc1C(C)(C)C)=C2. The standard InChI is InChI=1S/C28H40NO/c1-10-27(6,7)21-16-20-18-29(24-15-13-12-14-22(24)26(3,4)5)19-30-25(20)23(17-21)28(8,9)11-2/h12-18H,10-11,19H2,1-9H3/q+1. The number of ether oxygens (including phenoxy) is 1. The molecular weight excluding hydrogens is 366 g/mol. The molecule has 0 fully saturated rings. The van der Waals surface area contributed by atoms with E-state index in [9.17, 15) is 0 Å². The van der Waals surface area contributed by atoms with Gasteiger partial charge in [0.1, 0.15) is 5.75 Å². The van der Waals surface area contributed by atoms with Gasteiger partial charge in [0.15, 0.2) is 6.21 Å². The molecule has 0 bridgehead atoms. The fourth-order valence-electron chi connectivity index (χ4n) is 4.03. The molecule has 2 heteroatoms. The van der Waals surface area contributed by atoms with Crippen LogP contribution in [0.3, 0.4) is 0 Å². The summed E-state index contributed by atoms with van der Waals surface area (Å²) in [4.78, 5) is 0. The zero-order chi connectivity index (χ0) is 22.3. The Hall–Kier alpha value is -2.09. The quantitative estimate of drug-likeness (QED) is 0.469. The van der Waals surface area contributed by atoms with Crippen molar-refractivity contribution in [2.75, 3.05) is 6.73 Å². The predicted octanol–water partition coefficient (Wildman–Crippen LogP) is 7.47. The van der Waals surface area contributed by atoms with Crippen molar-refractivity contribution in [2.45, 2.75) is 91.4 Å². The predicted molar refractivity (Wildman–Crippen MR) is 129 cm³/mol. The Labute approximate surface area is 184 Å². The lowest BCUT2D eigenvalue weighted by molar-refractivity contribution is -0.477. The molecule has 0 aromatic heterocycles. The number of benzene rings is 2. The molecule has 3 rings (SSSR count). The topological polar surface area (TPSA) is 12.2 Å². The van der Waals surface area contributed by atoms with Crippen LogP contribution in [-0.4, -0.2) is 17.5 Å². The van der Waals surface area contributed by atoms with Gasteiger partial charge in [-0.2, -0.15) is 4.58 Å². The maximum atomic E-state index is 6.47. The normalized spacial score (nSPS) is 14.8. The first-order chi connectivity index (χ1) is 13.9. The summed E-state index contributed by atoms with van der Waals surface area (Å²) >= 11 is 0. The van der Waals surface area contributed by atoms with Crippen LogP contribution in [0.15, 0.2) is 36.4 Å². The van der Waals surface area contributed by atoms with Crippen LogP contribution in [0.4, 0.5) is 5.69 Å². The fourth-order valence-corrected chi connectivity index (χ4v) is 4.03. The van der Waals surface area contributed by atoms with Crippen LogP contribution in [0.5, 0.6) is 5.75 Å². The maximum Gasteiger partial charge on any atom is 0.292 e. The van der Waals surface area contributed by atoms with Gasteiger partial charge >= 0.3 is 0 Å². The van der Waals surface area contributed by atoms with Gasteiger partial charge in [-0.1, -0.05) is 86.6 Å². The number of fused-ring (bicyclic) bond motifs is 1.